The van der Waals surface area contributed by atoms with Crippen molar-refractivity contribution in [2.75, 3.05) is 0 Å². The van der Waals surface area contributed by atoms with Crippen molar-refractivity contribution in [3.63, 3.8) is 0 Å². The Morgan fingerprint density at radius 2 is 1.80 bits per heavy atom. The van der Waals surface area contributed by atoms with Gasteiger partial charge in [-0.3, -0.25) is 0 Å². The molecule has 0 nitrogen and oxygen atoms in total. The highest BCUT2D eigenvalue weighted by atomic mass is 35.5. The molecule has 88 valence electrons. The fourth-order valence-corrected chi connectivity index (χ4v) is 1.53. The van der Waals surface area contributed by atoms with Crippen LogP contribution in [0.4, 0.5) is 13.2 Å². The summed E-state index contributed by atoms with van der Waals surface area (Å²) in [6, 6.07) is 0. The molecule has 0 aliphatic rings. The van der Waals surface area contributed by atoms with Crippen LogP contribution in [0.15, 0.2) is 22.3 Å². The normalized spacial score (nSPS) is 15.7. The summed E-state index contributed by atoms with van der Waals surface area (Å²) in [5.41, 5.74) is -0.418. The van der Waals surface area contributed by atoms with E-state index >= 15 is 0 Å². The zero-order valence-corrected chi connectivity index (χ0v) is 10.1. The summed E-state index contributed by atoms with van der Waals surface area (Å²) in [4.78, 5) is 0. The Morgan fingerprint density at radius 1 is 1.33 bits per heavy atom. The van der Waals surface area contributed by atoms with Gasteiger partial charge in [-0.1, -0.05) is 44.0 Å². The smallest absolute Gasteiger partial charge is 0.166 e. The van der Waals surface area contributed by atoms with Crippen LogP contribution in [-0.2, 0) is 0 Å². The molecule has 0 aromatic heterocycles. The molecule has 0 aliphatic heterocycles. The molecular weight excluding hydrogens is 225 g/mol. The van der Waals surface area contributed by atoms with Crippen molar-refractivity contribution in [1.82, 2.24) is 0 Å². The Balaban J connectivity index is 5.45. The molecule has 0 fully saturated rings. The molecule has 0 heterocycles. The monoisotopic (exact) mass is 240 g/mol. The maximum atomic E-state index is 12.7. The maximum Gasteiger partial charge on any atom is 0.417 e. The van der Waals surface area contributed by atoms with E-state index in [1.165, 1.54) is 13.0 Å². The first-order chi connectivity index (χ1) is 6.71. The van der Waals surface area contributed by atoms with Crippen molar-refractivity contribution in [1.29, 1.82) is 0 Å². The fraction of sp³-hybridized carbons (Fsp3) is 0.636. The molecule has 0 amide bonds. The second kappa shape index (κ2) is 5.59. The van der Waals surface area contributed by atoms with Crippen LogP contribution < -0.4 is 0 Å². The molecule has 0 unspecified atom stereocenters. The number of rotatable bonds is 3. The van der Waals surface area contributed by atoms with Crippen LogP contribution in [-0.4, -0.2) is 6.18 Å². The van der Waals surface area contributed by atoms with Gasteiger partial charge in [0.25, 0.3) is 0 Å². The van der Waals surface area contributed by atoms with Crippen LogP contribution in [0.3, 0.4) is 0 Å². The van der Waals surface area contributed by atoms with Crippen molar-refractivity contribution in [2.24, 2.45) is 5.92 Å². The van der Waals surface area contributed by atoms with Crippen molar-refractivity contribution in [2.45, 2.75) is 40.3 Å². The second-order valence-electron chi connectivity index (χ2n) is 3.67. The van der Waals surface area contributed by atoms with Crippen LogP contribution >= 0.6 is 11.6 Å². The molecule has 0 aromatic rings. The summed E-state index contributed by atoms with van der Waals surface area (Å²) in [5, 5.41) is -0.198. The van der Waals surface area contributed by atoms with Gasteiger partial charge in [-0.15, -0.1) is 0 Å². The topological polar surface area (TPSA) is 0 Å². The highest BCUT2D eigenvalue weighted by Gasteiger charge is 2.37. The van der Waals surface area contributed by atoms with Gasteiger partial charge in [-0.05, 0) is 19.3 Å². The minimum Gasteiger partial charge on any atom is -0.166 e. The Bertz CT molecular complexity index is 272. The third kappa shape index (κ3) is 4.29. The van der Waals surface area contributed by atoms with E-state index in [2.05, 4.69) is 0 Å². The summed E-state index contributed by atoms with van der Waals surface area (Å²) < 4.78 is 38.2. The molecule has 0 N–H and O–H groups in total. The summed E-state index contributed by atoms with van der Waals surface area (Å²) >= 11 is 5.65. The molecule has 0 spiro atoms. The van der Waals surface area contributed by atoms with E-state index in [1.807, 2.05) is 0 Å². The first-order valence-corrected chi connectivity index (χ1v) is 5.23. The van der Waals surface area contributed by atoms with Crippen LogP contribution in [0.5, 0.6) is 0 Å². The average molecular weight is 241 g/mol. The zero-order valence-electron chi connectivity index (χ0n) is 9.37. The van der Waals surface area contributed by atoms with E-state index in [1.54, 1.807) is 20.8 Å². The highest BCUT2D eigenvalue weighted by Crippen LogP contribution is 2.37. The largest absolute Gasteiger partial charge is 0.417 e. The van der Waals surface area contributed by atoms with Gasteiger partial charge >= 0.3 is 6.18 Å². The van der Waals surface area contributed by atoms with Gasteiger partial charge in [0.05, 0.1) is 5.57 Å². The Hall–Kier alpha value is -0.440. The van der Waals surface area contributed by atoms with E-state index in [-0.39, 0.29) is 16.5 Å². The first-order valence-electron chi connectivity index (χ1n) is 4.85. The first kappa shape index (κ1) is 14.6. The van der Waals surface area contributed by atoms with Gasteiger partial charge in [0.15, 0.2) is 0 Å². The highest BCUT2D eigenvalue weighted by molar-refractivity contribution is 6.32. The summed E-state index contributed by atoms with van der Waals surface area (Å²) in [6.07, 6.45) is -2.50. The molecule has 0 saturated heterocycles. The lowest BCUT2D eigenvalue weighted by Gasteiger charge is -2.17. The van der Waals surface area contributed by atoms with E-state index in [0.29, 0.717) is 6.42 Å². The fourth-order valence-electron chi connectivity index (χ4n) is 1.12. The molecule has 4 heteroatoms. The molecular formula is C11H16ClF3. The number of allylic oxidation sites excluding steroid dienone is 4. The molecule has 0 aromatic carbocycles. The molecule has 0 radical (unpaired) electrons. The quantitative estimate of drug-likeness (QED) is 0.606. The van der Waals surface area contributed by atoms with Crippen LogP contribution in [0.25, 0.3) is 0 Å². The van der Waals surface area contributed by atoms with E-state index in [4.69, 9.17) is 11.6 Å². The van der Waals surface area contributed by atoms with Gasteiger partial charge < -0.3 is 0 Å². The van der Waals surface area contributed by atoms with Crippen LogP contribution in [0, 0.1) is 5.92 Å². The number of alkyl halides is 3. The van der Waals surface area contributed by atoms with Gasteiger partial charge in [-0.2, -0.15) is 13.2 Å². The molecule has 15 heavy (non-hydrogen) atoms. The predicted octanol–water partition coefficient (Wildman–Crippen LogP) is 5.05. The van der Waals surface area contributed by atoms with Crippen LogP contribution in [0.2, 0.25) is 0 Å². The summed E-state index contributed by atoms with van der Waals surface area (Å²) in [6.45, 7) is 6.66. The molecule has 0 aliphatic carbocycles. The number of halogens is 4. The molecule has 0 atom stereocenters. The van der Waals surface area contributed by atoms with Gasteiger partial charge in [0, 0.05) is 5.03 Å². The minimum absolute atomic E-state index is 0.166. The zero-order chi connectivity index (χ0) is 12.2. The van der Waals surface area contributed by atoms with Crippen LogP contribution in [0.1, 0.15) is 34.1 Å². The lowest BCUT2D eigenvalue weighted by molar-refractivity contribution is -0.0898. The molecule has 0 rings (SSSR count). The van der Waals surface area contributed by atoms with Gasteiger partial charge in [0.1, 0.15) is 0 Å². The SMILES string of the molecule is CC/C=C(Cl)\C(=C(/C)C(C)C)C(F)(F)F. The van der Waals surface area contributed by atoms with E-state index in [0.717, 1.165) is 0 Å². The Morgan fingerprint density at radius 3 is 2.07 bits per heavy atom. The van der Waals surface area contributed by atoms with E-state index in [9.17, 15) is 13.2 Å². The second-order valence-corrected chi connectivity index (χ2v) is 4.08. The molecule has 0 saturated carbocycles. The third-order valence-corrected chi connectivity index (χ3v) is 2.51. The summed E-state index contributed by atoms with van der Waals surface area (Å²) in [7, 11) is 0. The van der Waals surface area contributed by atoms with Gasteiger partial charge in [-0.25, -0.2) is 0 Å². The standard InChI is InChI=1S/C11H16ClF3/c1-5-6-9(12)10(11(13,14)15)8(4)7(2)3/h6-7H,5H2,1-4H3/b9-6+,10-8-. The minimum atomic E-state index is -4.38. The van der Waals surface area contributed by atoms with Crippen molar-refractivity contribution >= 4 is 11.6 Å². The van der Waals surface area contributed by atoms with Gasteiger partial charge in [0.2, 0.25) is 0 Å². The number of hydrogen-bond acceptors (Lipinski definition) is 0. The molecule has 0 bridgehead atoms. The number of hydrogen-bond donors (Lipinski definition) is 0. The lowest BCUT2D eigenvalue weighted by atomic mass is 9.98. The van der Waals surface area contributed by atoms with Crippen molar-refractivity contribution in [3.8, 4) is 0 Å². The van der Waals surface area contributed by atoms with Crippen molar-refractivity contribution in [3.05, 3.63) is 22.3 Å². The lowest BCUT2D eigenvalue weighted by Crippen LogP contribution is -2.16. The van der Waals surface area contributed by atoms with E-state index < -0.39 is 11.7 Å². The average Bonchev–Trinajstić information content (AvgIpc) is 2.01. The van der Waals surface area contributed by atoms with Crippen molar-refractivity contribution < 1.29 is 13.2 Å². The maximum absolute atomic E-state index is 12.7. The Labute approximate surface area is 93.8 Å². The third-order valence-electron chi connectivity index (χ3n) is 2.17. The summed E-state index contributed by atoms with van der Waals surface area (Å²) in [5.74, 6) is -0.166. The Kier molecular flexibility index (Phi) is 5.43. The predicted molar refractivity (Wildman–Crippen MR) is 57.8 cm³/mol.